The number of para-hydroxylation sites is 1. The Kier molecular flexibility index (Phi) is 3.94. The highest BCUT2D eigenvalue weighted by atomic mass is 15.3. The van der Waals surface area contributed by atoms with Gasteiger partial charge >= 0.3 is 0 Å². The average molecular weight is 320 g/mol. The van der Waals surface area contributed by atoms with Crippen LogP contribution in [0.25, 0.3) is 10.9 Å². The molecule has 1 N–H and O–H groups in total. The first-order valence-corrected chi connectivity index (χ1v) is 8.31. The van der Waals surface area contributed by atoms with Crippen LogP contribution in [0, 0.1) is 6.92 Å². The summed E-state index contributed by atoms with van der Waals surface area (Å²) in [5, 5.41) is 13.1. The smallest absolute Gasteiger partial charge is 0.151 e. The molecule has 0 amide bonds. The SMILES string of the molecule is Cc1ccc(N2CCCC(Nc3ncnc4ccccc34)C2)nn1. The van der Waals surface area contributed by atoms with Gasteiger partial charge in [-0.15, -0.1) is 5.10 Å². The van der Waals surface area contributed by atoms with Crippen molar-refractivity contribution in [1.29, 1.82) is 0 Å². The van der Waals surface area contributed by atoms with Crippen molar-refractivity contribution in [3.8, 4) is 0 Å². The molecule has 0 bridgehead atoms. The van der Waals surface area contributed by atoms with Crippen molar-refractivity contribution in [2.75, 3.05) is 23.3 Å². The van der Waals surface area contributed by atoms with E-state index in [9.17, 15) is 0 Å². The van der Waals surface area contributed by atoms with Gasteiger partial charge in [-0.05, 0) is 44.0 Å². The molecule has 6 nitrogen and oxygen atoms in total. The fraction of sp³-hybridized carbons (Fsp3) is 0.333. The number of piperidine rings is 1. The van der Waals surface area contributed by atoms with Gasteiger partial charge in [0.2, 0.25) is 0 Å². The summed E-state index contributed by atoms with van der Waals surface area (Å²) in [6.45, 7) is 3.87. The molecule has 1 unspecified atom stereocenters. The molecular weight excluding hydrogens is 300 g/mol. The first-order chi connectivity index (χ1) is 11.8. The molecule has 6 heteroatoms. The van der Waals surface area contributed by atoms with E-state index in [1.807, 2.05) is 37.3 Å². The summed E-state index contributed by atoms with van der Waals surface area (Å²) in [6, 6.07) is 12.5. The summed E-state index contributed by atoms with van der Waals surface area (Å²) in [5.74, 6) is 1.85. The van der Waals surface area contributed by atoms with Gasteiger partial charge in [0.1, 0.15) is 12.1 Å². The van der Waals surface area contributed by atoms with Crippen LogP contribution < -0.4 is 10.2 Å². The minimum atomic E-state index is 0.333. The molecule has 1 fully saturated rings. The van der Waals surface area contributed by atoms with E-state index in [0.717, 1.165) is 54.2 Å². The number of aromatic nitrogens is 4. The zero-order chi connectivity index (χ0) is 16.4. The van der Waals surface area contributed by atoms with Gasteiger partial charge in [-0.1, -0.05) is 12.1 Å². The summed E-state index contributed by atoms with van der Waals surface area (Å²) in [5.41, 5.74) is 1.91. The topological polar surface area (TPSA) is 66.8 Å². The fourth-order valence-electron chi connectivity index (χ4n) is 3.18. The number of anilines is 2. The van der Waals surface area contributed by atoms with Crippen molar-refractivity contribution in [1.82, 2.24) is 20.2 Å². The van der Waals surface area contributed by atoms with Crippen molar-refractivity contribution >= 4 is 22.5 Å². The molecule has 0 aliphatic carbocycles. The number of fused-ring (bicyclic) bond motifs is 1. The molecule has 0 radical (unpaired) electrons. The molecular formula is C18H20N6. The second-order valence-corrected chi connectivity index (χ2v) is 6.20. The standard InChI is InChI=1S/C18H20N6/c1-13-8-9-17(23-22-13)24-10-4-5-14(11-24)21-18-15-6-2-3-7-16(15)19-12-20-18/h2-3,6-9,12,14H,4-5,10-11H2,1H3,(H,19,20,21). The lowest BCUT2D eigenvalue weighted by molar-refractivity contribution is 0.524. The van der Waals surface area contributed by atoms with Gasteiger partial charge in [-0.3, -0.25) is 0 Å². The minimum absolute atomic E-state index is 0.333. The lowest BCUT2D eigenvalue weighted by atomic mass is 10.1. The van der Waals surface area contributed by atoms with E-state index >= 15 is 0 Å². The van der Waals surface area contributed by atoms with Gasteiger partial charge in [-0.2, -0.15) is 5.10 Å². The Hall–Kier alpha value is -2.76. The fourth-order valence-corrected chi connectivity index (χ4v) is 3.18. The molecule has 0 spiro atoms. The van der Waals surface area contributed by atoms with Crippen molar-refractivity contribution in [3.05, 3.63) is 48.4 Å². The molecule has 1 aliphatic heterocycles. The maximum absolute atomic E-state index is 4.44. The number of aryl methyl sites for hydroxylation is 1. The number of nitrogens with zero attached hydrogens (tertiary/aromatic N) is 5. The van der Waals surface area contributed by atoms with Crippen LogP contribution in [0.5, 0.6) is 0 Å². The number of nitrogens with one attached hydrogen (secondary N) is 1. The predicted molar refractivity (Wildman–Crippen MR) is 95.2 cm³/mol. The molecule has 2 aromatic heterocycles. The van der Waals surface area contributed by atoms with Crippen molar-refractivity contribution in [3.63, 3.8) is 0 Å². The Labute approximate surface area is 141 Å². The van der Waals surface area contributed by atoms with E-state index in [2.05, 4.69) is 36.4 Å². The average Bonchev–Trinajstić information content (AvgIpc) is 2.63. The van der Waals surface area contributed by atoms with Crippen LogP contribution in [0.1, 0.15) is 18.5 Å². The number of hydrogen-bond acceptors (Lipinski definition) is 6. The lowest BCUT2D eigenvalue weighted by Crippen LogP contribution is -2.42. The van der Waals surface area contributed by atoms with E-state index in [0.29, 0.717) is 6.04 Å². The highest BCUT2D eigenvalue weighted by Gasteiger charge is 2.22. The normalized spacial score (nSPS) is 17.9. The molecule has 1 aromatic carbocycles. The maximum Gasteiger partial charge on any atom is 0.151 e. The third-order valence-corrected chi connectivity index (χ3v) is 4.41. The lowest BCUT2D eigenvalue weighted by Gasteiger charge is -2.34. The highest BCUT2D eigenvalue weighted by Crippen LogP contribution is 2.23. The molecule has 0 saturated carbocycles. The molecule has 122 valence electrons. The van der Waals surface area contributed by atoms with Crippen LogP contribution >= 0.6 is 0 Å². The molecule has 4 rings (SSSR count). The Morgan fingerprint density at radius 1 is 1.08 bits per heavy atom. The molecule has 3 heterocycles. The van der Waals surface area contributed by atoms with Crippen LogP contribution in [-0.2, 0) is 0 Å². The van der Waals surface area contributed by atoms with Gasteiger partial charge < -0.3 is 10.2 Å². The summed E-state index contributed by atoms with van der Waals surface area (Å²) in [6.07, 6.45) is 3.86. The predicted octanol–water partition coefficient (Wildman–Crippen LogP) is 2.81. The number of rotatable bonds is 3. The highest BCUT2D eigenvalue weighted by molar-refractivity contribution is 5.88. The van der Waals surface area contributed by atoms with Gasteiger partial charge in [0.25, 0.3) is 0 Å². The Morgan fingerprint density at radius 2 is 2.00 bits per heavy atom. The molecule has 1 atom stereocenters. The quantitative estimate of drug-likeness (QED) is 0.800. The number of hydrogen-bond donors (Lipinski definition) is 1. The summed E-state index contributed by atoms with van der Waals surface area (Å²) < 4.78 is 0. The van der Waals surface area contributed by atoms with Crippen LogP contribution in [0.4, 0.5) is 11.6 Å². The van der Waals surface area contributed by atoms with E-state index in [1.54, 1.807) is 6.33 Å². The van der Waals surface area contributed by atoms with Crippen molar-refractivity contribution in [2.24, 2.45) is 0 Å². The maximum atomic E-state index is 4.44. The summed E-state index contributed by atoms with van der Waals surface area (Å²) in [4.78, 5) is 11.1. The summed E-state index contributed by atoms with van der Waals surface area (Å²) >= 11 is 0. The zero-order valence-corrected chi connectivity index (χ0v) is 13.7. The second kappa shape index (κ2) is 6.39. The van der Waals surface area contributed by atoms with Crippen LogP contribution in [0.3, 0.4) is 0 Å². The van der Waals surface area contributed by atoms with E-state index in [4.69, 9.17) is 0 Å². The first kappa shape index (κ1) is 14.8. The van der Waals surface area contributed by atoms with Gasteiger partial charge in [-0.25, -0.2) is 9.97 Å². The van der Waals surface area contributed by atoms with E-state index in [-0.39, 0.29) is 0 Å². The largest absolute Gasteiger partial charge is 0.365 e. The molecule has 3 aromatic rings. The second-order valence-electron chi connectivity index (χ2n) is 6.20. The number of benzene rings is 1. The molecule has 1 saturated heterocycles. The van der Waals surface area contributed by atoms with Crippen LogP contribution in [-0.4, -0.2) is 39.3 Å². The third-order valence-electron chi connectivity index (χ3n) is 4.41. The van der Waals surface area contributed by atoms with Crippen molar-refractivity contribution in [2.45, 2.75) is 25.8 Å². The monoisotopic (exact) mass is 320 g/mol. The van der Waals surface area contributed by atoms with Crippen LogP contribution in [0.2, 0.25) is 0 Å². The van der Waals surface area contributed by atoms with E-state index in [1.165, 1.54) is 0 Å². The Bertz CT molecular complexity index is 827. The molecule has 24 heavy (non-hydrogen) atoms. The van der Waals surface area contributed by atoms with Crippen molar-refractivity contribution < 1.29 is 0 Å². The minimum Gasteiger partial charge on any atom is -0.365 e. The van der Waals surface area contributed by atoms with Gasteiger partial charge in [0.05, 0.1) is 11.2 Å². The Balaban J connectivity index is 1.53. The van der Waals surface area contributed by atoms with Crippen LogP contribution in [0.15, 0.2) is 42.7 Å². The Morgan fingerprint density at radius 3 is 2.88 bits per heavy atom. The first-order valence-electron chi connectivity index (χ1n) is 8.31. The third kappa shape index (κ3) is 2.99. The van der Waals surface area contributed by atoms with Gasteiger partial charge in [0.15, 0.2) is 5.82 Å². The van der Waals surface area contributed by atoms with E-state index < -0.39 is 0 Å². The van der Waals surface area contributed by atoms with Gasteiger partial charge in [0, 0.05) is 24.5 Å². The summed E-state index contributed by atoms with van der Waals surface area (Å²) in [7, 11) is 0. The zero-order valence-electron chi connectivity index (χ0n) is 13.7. The molecule has 1 aliphatic rings.